The van der Waals surface area contributed by atoms with Gasteiger partial charge in [-0.25, -0.2) is 0 Å². The number of nitro benzene ring substituents is 1. The molecular weight excluding hydrogens is 364 g/mol. The van der Waals surface area contributed by atoms with E-state index in [1.165, 1.54) is 36.1 Å². The van der Waals surface area contributed by atoms with Gasteiger partial charge in [-0.15, -0.1) is 0 Å². The molecule has 1 saturated heterocycles. The molecule has 0 unspecified atom stereocenters. The number of nitrogens with zero attached hydrogens (tertiary/aromatic N) is 2. The first-order valence-corrected chi connectivity index (χ1v) is 8.57. The molecular formula is C19H18N4O5. The van der Waals surface area contributed by atoms with E-state index in [2.05, 4.69) is 10.6 Å². The highest BCUT2D eigenvalue weighted by Crippen LogP contribution is 2.27. The summed E-state index contributed by atoms with van der Waals surface area (Å²) in [6, 6.07) is 12.3. The Hall–Kier alpha value is -3.75. The van der Waals surface area contributed by atoms with E-state index in [1.54, 1.807) is 24.3 Å². The predicted molar refractivity (Wildman–Crippen MR) is 103 cm³/mol. The Labute approximate surface area is 160 Å². The number of non-ortho nitro benzene ring substituents is 1. The maximum absolute atomic E-state index is 12.5. The topological polar surface area (TPSA) is 122 Å². The molecule has 1 fully saturated rings. The van der Waals surface area contributed by atoms with E-state index in [9.17, 15) is 24.5 Å². The summed E-state index contributed by atoms with van der Waals surface area (Å²) < 4.78 is 0. The Morgan fingerprint density at radius 1 is 1.04 bits per heavy atom. The van der Waals surface area contributed by atoms with Crippen molar-refractivity contribution in [2.75, 3.05) is 22.1 Å². The molecule has 1 aliphatic heterocycles. The summed E-state index contributed by atoms with van der Waals surface area (Å²) in [6.07, 6.45) is 0.0623. The average molecular weight is 382 g/mol. The van der Waals surface area contributed by atoms with Gasteiger partial charge >= 0.3 is 0 Å². The van der Waals surface area contributed by atoms with Crippen molar-refractivity contribution >= 4 is 40.5 Å². The Balaban J connectivity index is 1.63. The number of nitrogens with one attached hydrogen (secondary N) is 2. The van der Waals surface area contributed by atoms with Gasteiger partial charge in [0, 0.05) is 49.1 Å². The minimum absolute atomic E-state index is 0.0623. The number of amides is 3. The molecule has 3 rings (SSSR count). The molecule has 144 valence electrons. The molecule has 9 heteroatoms. The second-order valence-corrected chi connectivity index (χ2v) is 6.43. The van der Waals surface area contributed by atoms with Crippen LogP contribution >= 0.6 is 0 Å². The summed E-state index contributed by atoms with van der Waals surface area (Å²) in [5, 5.41) is 16.1. The van der Waals surface area contributed by atoms with Crippen molar-refractivity contribution in [2.45, 2.75) is 13.3 Å². The highest BCUT2D eigenvalue weighted by molar-refractivity contribution is 6.03. The SMILES string of the molecule is CC(=O)Nc1ccc(NC(=O)[C@@H]2CC(=O)N(c3ccc([N+](=O)[O-])cc3)C2)cc1. The minimum atomic E-state index is -0.530. The smallest absolute Gasteiger partial charge is 0.269 e. The molecule has 28 heavy (non-hydrogen) atoms. The lowest BCUT2D eigenvalue weighted by Crippen LogP contribution is -2.28. The fraction of sp³-hybridized carbons (Fsp3) is 0.211. The van der Waals surface area contributed by atoms with E-state index in [-0.39, 0.29) is 36.4 Å². The fourth-order valence-electron chi connectivity index (χ4n) is 2.97. The van der Waals surface area contributed by atoms with Gasteiger partial charge in [0.25, 0.3) is 5.69 Å². The maximum Gasteiger partial charge on any atom is 0.269 e. The lowest BCUT2D eigenvalue weighted by Gasteiger charge is -2.16. The van der Waals surface area contributed by atoms with Gasteiger partial charge in [0.1, 0.15) is 0 Å². The summed E-state index contributed by atoms with van der Waals surface area (Å²) in [4.78, 5) is 47.5. The van der Waals surface area contributed by atoms with E-state index < -0.39 is 10.8 Å². The molecule has 1 atom stereocenters. The fourth-order valence-corrected chi connectivity index (χ4v) is 2.97. The zero-order valence-corrected chi connectivity index (χ0v) is 15.0. The molecule has 2 N–H and O–H groups in total. The number of hydrogen-bond donors (Lipinski definition) is 2. The number of benzene rings is 2. The van der Waals surface area contributed by atoms with E-state index in [0.717, 1.165) is 0 Å². The average Bonchev–Trinajstić information content (AvgIpc) is 3.05. The predicted octanol–water partition coefficient (Wildman–Crippen LogP) is 2.54. The number of hydrogen-bond acceptors (Lipinski definition) is 5. The summed E-state index contributed by atoms with van der Waals surface area (Å²) in [5.74, 6) is -1.22. The Morgan fingerprint density at radius 2 is 1.61 bits per heavy atom. The van der Waals surface area contributed by atoms with Gasteiger partial charge < -0.3 is 15.5 Å². The van der Waals surface area contributed by atoms with Crippen LogP contribution in [0.25, 0.3) is 0 Å². The van der Waals surface area contributed by atoms with Crippen LogP contribution in [0.2, 0.25) is 0 Å². The van der Waals surface area contributed by atoms with Crippen molar-refractivity contribution in [1.29, 1.82) is 0 Å². The van der Waals surface area contributed by atoms with Gasteiger partial charge in [0.2, 0.25) is 17.7 Å². The number of carbonyl (C=O) groups is 3. The van der Waals surface area contributed by atoms with Gasteiger partial charge in [0.05, 0.1) is 10.8 Å². The maximum atomic E-state index is 12.5. The van der Waals surface area contributed by atoms with E-state index in [0.29, 0.717) is 17.1 Å². The molecule has 0 saturated carbocycles. The summed E-state index contributed by atoms with van der Waals surface area (Å²) in [5.41, 5.74) is 1.63. The van der Waals surface area contributed by atoms with Gasteiger partial charge in [0.15, 0.2) is 0 Å². The van der Waals surface area contributed by atoms with Crippen molar-refractivity contribution in [3.63, 3.8) is 0 Å². The van der Waals surface area contributed by atoms with Crippen LogP contribution in [0, 0.1) is 16.0 Å². The Kier molecular flexibility index (Phi) is 5.35. The molecule has 1 heterocycles. The monoisotopic (exact) mass is 382 g/mol. The summed E-state index contributed by atoms with van der Waals surface area (Å²) in [7, 11) is 0. The van der Waals surface area contributed by atoms with E-state index >= 15 is 0 Å². The second kappa shape index (κ2) is 7.87. The van der Waals surface area contributed by atoms with Crippen LogP contribution in [0.5, 0.6) is 0 Å². The molecule has 0 radical (unpaired) electrons. The lowest BCUT2D eigenvalue weighted by molar-refractivity contribution is -0.384. The summed E-state index contributed by atoms with van der Waals surface area (Å²) >= 11 is 0. The third-order valence-corrected chi connectivity index (χ3v) is 4.34. The minimum Gasteiger partial charge on any atom is -0.326 e. The van der Waals surface area contributed by atoms with Crippen LogP contribution in [0.1, 0.15) is 13.3 Å². The van der Waals surface area contributed by atoms with Gasteiger partial charge in [-0.2, -0.15) is 0 Å². The molecule has 0 aliphatic carbocycles. The third-order valence-electron chi connectivity index (χ3n) is 4.34. The van der Waals surface area contributed by atoms with Gasteiger partial charge in [-0.1, -0.05) is 0 Å². The van der Waals surface area contributed by atoms with Crippen molar-refractivity contribution in [3.05, 3.63) is 58.6 Å². The standard InChI is InChI=1S/C19H18N4O5/c1-12(24)20-14-2-4-15(5-3-14)21-19(26)13-10-18(25)22(11-13)16-6-8-17(9-7-16)23(27)28/h2-9,13H,10-11H2,1H3,(H,20,24)(H,21,26)/t13-/m1/s1. The molecule has 9 nitrogen and oxygen atoms in total. The molecule has 1 aliphatic rings. The van der Waals surface area contributed by atoms with E-state index in [4.69, 9.17) is 0 Å². The van der Waals surface area contributed by atoms with Gasteiger partial charge in [-0.3, -0.25) is 24.5 Å². The van der Waals surface area contributed by atoms with Crippen LogP contribution in [0.15, 0.2) is 48.5 Å². The first-order chi connectivity index (χ1) is 13.3. The quantitative estimate of drug-likeness (QED) is 0.608. The van der Waals surface area contributed by atoms with Crippen LogP contribution in [-0.4, -0.2) is 29.2 Å². The molecule has 2 aromatic rings. The van der Waals surface area contributed by atoms with Crippen LogP contribution < -0.4 is 15.5 Å². The van der Waals surface area contributed by atoms with Crippen molar-refractivity contribution in [1.82, 2.24) is 0 Å². The zero-order valence-electron chi connectivity index (χ0n) is 15.0. The summed E-state index contributed by atoms with van der Waals surface area (Å²) in [6.45, 7) is 1.61. The molecule has 3 amide bonds. The number of carbonyl (C=O) groups excluding carboxylic acids is 3. The highest BCUT2D eigenvalue weighted by Gasteiger charge is 2.35. The van der Waals surface area contributed by atoms with Crippen molar-refractivity contribution in [3.8, 4) is 0 Å². The number of rotatable bonds is 5. The van der Waals surface area contributed by atoms with Crippen molar-refractivity contribution in [2.24, 2.45) is 5.92 Å². The molecule has 2 aromatic carbocycles. The largest absolute Gasteiger partial charge is 0.326 e. The first-order valence-electron chi connectivity index (χ1n) is 8.57. The van der Waals surface area contributed by atoms with Crippen LogP contribution in [0.4, 0.5) is 22.7 Å². The highest BCUT2D eigenvalue weighted by atomic mass is 16.6. The third kappa shape index (κ3) is 4.32. The Bertz CT molecular complexity index is 924. The van der Waals surface area contributed by atoms with Crippen LogP contribution in [-0.2, 0) is 14.4 Å². The normalized spacial score (nSPS) is 16.0. The number of anilines is 3. The molecule has 0 bridgehead atoms. The lowest BCUT2D eigenvalue weighted by atomic mass is 10.1. The second-order valence-electron chi connectivity index (χ2n) is 6.43. The zero-order chi connectivity index (χ0) is 20.3. The molecule has 0 spiro atoms. The Morgan fingerprint density at radius 3 is 2.14 bits per heavy atom. The van der Waals surface area contributed by atoms with E-state index in [1.807, 2.05) is 0 Å². The van der Waals surface area contributed by atoms with Crippen LogP contribution in [0.3, 0.4) is 0 Å². The first kappa shape index (κ1) is 19.0. The van der Waals surface area contributed by atoms with Gasteiger partial charge in [-0.05, 0) is 36.4 Å². The molecule has 0 aromatic heterocycles. The number of nitro groups is 1. The van der Waals surface area contributed by atoms with Crippen molar-refractivity contribution < 1.29 is 19.3 Å².